The average molecular weight is 572 g/mol. The first-order chi connectivity index (χ1) is 20.0. The molecule has 0 aliphatic carbocycles. The first-order valence-corrected chi connectivity index (χ1v) is 13.1. The van der Waals surface area contributed by atoms with Crippen LogP contribution in [0.25, 0.3) is 0 Å². The summed E-state index contributed by atoms with van der Waals surface area (Å²) in [5.41, 5.74) is 2.65. The normalized spacial score (nSPS) is 16.0. The van der Waals surface area contributed by atoms with Crippen molar-refractivity contribution >= 4 is 40.6 Å². The number of nitrogens with zero attached hydrogens (tertiary/aromatic N) is 3. The van der Waals surface area contributed by atoms with Crippen molar-refractivity contribution in [2.24, 2.45) is 9.98 Å². The molecule has 0 amide bonds. The minimum atomic E-state index is -1.52. The Balaban J connectivity index is 1.74. The van der Waals surface area contributed by atoms with E-state index < -0.39 is 5.12 Å². The average Bonchev–Trinajstić information content (AvgIpc) is 3.01. The van der Waals surface area contributed by atoms with Crippen LogP contribution in [0.3, 0.4) is 0 Å². The zero-order valence-corrected chi connectivity index (χ0v) is 23.8. The van der Waals surface area contributed by atoms with E-state index in [0.717, 1.165) is 0 Å². The highest BCUT2D eigenvalue weighted by atomic mass is 35.5. The number of halogens is 1. The summed E-state index contributed by atoms with van der Waals surface area (Å²) in [6.45, 7) is 0. The van der Waals surface area contributed by atoms with Crippen LogP contribution in [0.5, 0.6) is 23.0 Å². The standard InChI is InChI=1S/C31H30ClN5O4/c1-38-25-17-9-5-13-21(25)31(32)35-29(33-22-14-6-10-18-26(22)39-2)34-30(36-31)37(23-15-7-11-19-27(23)40-3)24-16-8-12-20-28(24)41-4/h5-20H,1-4H3,(H2,33,34,35,36). The van der Waals surface area contributed by atoms with Crippen LogP contribution < -0.4 is 34.5 Å². The summed E-state index contributed by atoms with van der Waals surface area (Å²) in [5, 5.41) is 5.13. The van der Waals surface area contributed by atoms with E-state index in [1.165, 1.54) is 0 Å². The van der Waals surface area contributed by atoms with Gasteiger partial charge in [-0.05, 0) is 48.5 Å². The fourth-order valence-corrected chi connectivity index (χ4v) is 4.86. The number of rotatable bonds is 8. The predicted octanol–water partition coefficient (Wildman–Crippen LogP) is 6.34. The van der Waals surface area contributed by atoms with E-state index in [0.29, 0.717) is 51.6 Å². The monoisotopic (exact) mass is 571 g/mol. The number of methoxy groups -OCH3 is 4. The molecule has 0 radical (unpaired) electrons. The number of nitrogens with one attached hydrogen (secondary N) is 2. The van der Waals surface area contributed by atoms with Gasteiger partial charge in [0.25, 0.3) is 0 Å². The van der Waals surface area contributed by atoms with Gasteiger partial charge in [0, 0.05) is 0 Å². The quantitative estimate of drug-likeness (QED) is 0.188. The number of para-hydroxylation sites is 7. The van der Waals surface area contributed by atoms with Gasteiger partial charge in [-0.3, -0.25) is 4.90 Å². The zero-order chi connectivity index (χ0) is 28.8. The summed E-state index contributed by atoms with van der Waals surface area (Å²) >= 11 is 7.36. The number of hydrogen-bond donors (Lipinski definition) is 2. The molecule has 4 aromatic carbocycles. The lowest BCUT2D eigenvalue weighted by Crippen LogP contribution is -2.51. The number of aliphatic imine (C=N–C) groups is 2. The van der Waals surface area contributed by atoms with Crippen LogP contribution in [0, 0.1) is 0 Å². The van der Waals surface area contributed by atoms with Crippen LogP contribution in [0.15, 0.2) is 107 Å². The molecule has 1 atom stereocenters. The first kappa shape index (κ1) is 27.7. The van der Waals surface area contributed by atoms with Gasteiger partial charge in [0.15, 0.2) is 0 Å². The summed E-state index contributed by atoms with van der Waals surface area (Å²) < 4.78 is 22.7. The summed E-state index contributed by atoms with van der Waals surface area (Å²) in [5.74, 6) is 2.99. The molecule has 10 heteroatoms. The lowest BCUT2D eigenvalue weighted by atomic mass is 10.1. The third-order valence-electron chi connectivity index (χ3n) is 6.43. The Hall–Kier alpha value is -4.89. The molecule has 2 N–H and O–H groups in total. The van der Waals surface area contributed by atoms with Crippen molar-refractivity contribution in [3.05, 3.63) is 103 Å². The van der Waals surface area contributed by atoms with E-state index in [-0.39, 0.29) is 5.96 Å². The van der Waals surface area contributed by atoms with Gasteiger partial charge in [0.2, 0.25) is 17.0 Å². The topological polar surface area (TPSA) is 88.9 Å². The molecule has 0 saturated heterocycles. The molecule has 210 valence electrons. The van der Waals surface area contributed by atoms with Crippen molar-refractivity contribution < 1.29 is 18.9 Å². The lowest BCUT2D eigenvalue weighted by Gasteiger charge is -2.36. The van der Waals surface area contributed by atoms with E-state index in [9.17, 15) is 0 Å². The lowest BCUT2D eigenvalue weighted by molar-refractivity contribution is 0.399. The van der Waals surface area contributed by atoms with Crippen molar-refractivity contribution in [2.75, 3.05) is 38.7 Å². The molecule has 1 aliphatic rings. The second kappa shape index (κ2) is 12.1. The van der Waals surface area contributed by atoms with Crippen LogP contribution in [-0.4, -0.2) is 40.4 Å². The van der Waals surface area contributed by atoms with Crippen molar-refractivity contribution in [3.8, 4) is 23.0 Å². The molecule has 1 unspecified atom stereocenters. The SMILES string of the molecule is COc1ccccc1NC1=NC(Cl)(c2ccccc2OC)NC(N(c2ccccc2OC)c2ccccc2OC)=N1. The van der Waals surface area contributed by atoms with Gasteiger partial charge in [-0.25, -0.2) is 4.99 Å². The van der Waals surface area contributed by atoms with Gasteiger partial charge in [0.05, 0.1) is 51.1 Å². The number of ether oxygens (including phenoxy) is 4. The molecule has 9 nitrogen and oxygen atoms in total. The summed E-state index contributed by atoms with van der Waals surface area (Å²) in [6, 6.07) is 30.1. The van der Waals surface area contributed by atoms with E-state index in [1.54, 1.807) is 28.4 Å². The van der Waals surface area contributed by atoms with Crippen LogP contribution in [0.4, 0.5) is 17.1 Å². The minimum absolute atomic E-state index is 0.235. The molecule has 0 bridgehead atoms. The molecule has 0 aromatic heterocycles. The van der Waals surface area contributed by atoms with Gasteiger partial charge in [-0.15, -0.1) is 0 Å². The summed E-state index contributed by atoms with van der Waals surface area (Å²) in [7, 11) is 6.42. The molecule has 0 saturated carbocycles. The highest BCUT2D eigenvalue weighted by Crippen LogP contribution is 2.42. The second-order valence-electron chi connectivity index (χ2n) is 8.82. The van der Waals surface area contributed by atoms with Gasteiger partial charge in [-0.1, -0.05) is 60.1 Å². The fraction of sp³-hybridized carbons (Fsp3) is 0.161. The molecule has 1 heterocycles. The number of guanidine groups is 2. The van der Waals surface area contributed by atoms with Crippen LogP contribution in [-0.2, 0) is 5.12 Å². The van der Waals surface area contributed by atoms with Crippen molar-refractivity contribution in [2.45, 2.75) is 5.12 Å². The Kier molecular flexibility index (Phi) is 8.16. The third-order valence-corrected chi connectivity index (χ3v) is 6.81. The molecule has 41 heavy (non-hydrogen) atoms. The van der Waals surface area contributed by atoms with E-state index in [4.69, 9.17) is 40.5 Å². The number of alkyl halides is 1. The molecular weight excluding hydrogens is 542 g/mol. The van der Waals surface area contributed by atoms with Gasteiger partial charge >= 0.3 is 0 Å². The highest BCUT2D eigenvalue weighted by Gasteiger charge is 2.39. The molecule has 5 rings (SSSR count). The molecule has 1 aliphatic heterocycles. The van der Waals surface area contributed by atoms with E-state index in [1.807, 2.05) is 102 Å². The Bertz CT molecular complexity index is 1550. The molecule has 0 spiro atoms. The van der Waals surface area contributed by atoms with Crippen molar-refractivity contribution in [1.82, 2.24) is 5.32 Å². The van der Waals surface area contributed by atoms with Crippen LogP contribution >= 0.6 is 11.6 Å². The van der Waals surface area contributed by atoms with Gasteiger partial charge in [-0.2, -0.15) is 4.99 Å². The molecule has 0 fully saturated rings. The Morgan fingerprint density at radius 1 is 0.659 bits per heavy atom. The fourth-order valence-electron chi connectivity index (χ4n) is 4.54. The second-order valence-corrected chi connectivity index (χ2v) is 9.37. The van der Waals surface area contributed by atoms with Gasteiger partial charge in [0.1, 0.15) is 23.0 Å². The predicted molar refractivity (Wildman–Crippen MR) is 163 cm³/mol. The Morgan fingerprint density at radius 2 is 1.15 bits per heavy atom. The largest absolute Gasteiger partial charge is 0.496 e. The number of benzene rings is 4. The molecular formula is C31H30ClN5O4. The van der Waals surface area contributed by atoms with E-state index >= 15 is 0 Å². The van der Waals surface area contributed by atoms with Crippen LogP contribution in [0.1, 0.15) is 5.56 Å². The molecule has 4 aromatic rings. The smallest absolute Gasteiger partial charge is 0.242 e. The maximum Gasteiger partial charge on any atom is 0.242 e. The minimum Gasteiger partial charge on any atom is -0.496 e. The zero-order valence-electron chi connectivity index (χ0n) is 23.1. The van der Waals surface area contributed by atoms with Crippen molar-refractivity contribution in [3.63, 3.8) is 0 Å². The highest BCUT2D eigenvalue weighted by molar-refractivity contribution is 6.28. The summed E-state index contributed by atoms with van der Waals surface area (Å²) in [6.07, 6.45) is 0. The third kappa shape index (κ3) is 5.57. The summed E-state index contributed by atoms with van der Waals surface area (Å²) in [4.78, 5) is 11.6. The maximum absolute atomic E-state index is 7.36. The van der Waals surface area contributed by atoms with Crippen molar-refractivity contribution in [1.29, 1.82) is 0 Å². The number of hydrogen-bond acceptors (Lipinski definition) is 9. The Morgan fingerprint density at radius 3 is 1.73 bits per heavy atom. The van der Waals surface area contributed by atoms with E-state index in [2.05, 4.69) is 10.6 Å². The first-order valence-electron chi connectivity index (χ1n) is 12.8. The van der Waals surface area contributed by atoms with Crippen LogP contribution in [0.2, 0.25) is 0 Å². The Labute approximate surface area is 244 Å². The van der Waals surface area contributed by atoms with Gasteiger partial charge < -0.3 is 29.6 Å². The number of anilines is 3. The maximum atomic E-state index is 7.36.